The standard InChI is InChI=1S/C17H22FN3O2/c1-12-10-13(6-7-14(12)18)16-11-15(20-21(16)2)17(22)19-8-4-5-9-23-3/h6-7,10-11H,4-5,8-9H2,1-3H3,(H,19,22). The van der Waals surface area contributed by atoms with Gasteiger partial charge < -0.3 is 10.1 Å². The second-order valence-electron chi connectivity index (χ2n) is 5.46. The topological polar surface area (TPSA) is 56.1 Å². The van der Waals surface area contributed by atoms with E-state index in [1.54, 1.807) is 44.0 Å². The van der Waals surface area contributed by atoms with Crippen molar-refractivity contribution in [3.63, 3.8) is 0 Å². The van der Waals surface area contributed by atoms with Gasteiger partial charge in [0, 0.05) is 32.9 Å². The number of unbranched alkanes of at least 4 members (excludes halogenated alkanes) is 1. The van der Waals surface area contributed by atoms with Crippen LogP contribution in [-0.2, 0) is 11.8 Å². The second kappa shape index (κ2) is 7.87. The Hall–Kier alpha value is -2.21. The van der Waals surface area contributed by atoms with Crippen LogP contribution in [0.3, 0.4) is 0 Å². The van der Waals surface area contributed by atoms with Crippen molar-refractivity contribution >= 4 is 5.91 Å². The molecule has 23 heavy (non-hydrogen) atoms. The molecule has 5 nitrogen and oxygen atoms in total. The SMILES string of the molecule is COCCCCNC(=O)c1cc(-c2ccc(F)c(C)c2)n(C)n1. The molecule has 1 N–H and O–H groups in total. The quantitative estimate of drug-likeness (QED) is 0.798. The third-order valence-electron chi connectivity index (χ3n) is 3.63. The molecule has 0 fully saturated rings. The molecule has 0 radical (unpaired) electrons. The van der Waals surface area contributed by atoms with Gasteiger partial charge in [-0.1, -0.05) is 0 Å². The highest BCUT2D eigenvalue weighted by atomic mass is 19.1. The minimum absolute atomic E-state index is 0.205. The summed E-state index contributed by atoms with van der Waals surface area (Å²) in [6, 6.07) is 6.58. The molecule has 2 aromatic rings. The van der Waals surface area contributed by atoms with E-state index in [1.807, 2.05) is 0 Å². The van der Waals surface area contributed by atoms with Gasteiger partial charge in [0.1, 0.15) is 5.82 Å². The fraction of sp³-hybridized carbons (Fsp3) is 0.412. The van der Waals surface area contributed by atoms with Gasteiger partial charge in [0.2, 0.25) is 0 Å². The van der Waals surface area contributed by atoms with Crippen LogP contribution in [0.4, 0.5) is 4.39 Å². The van der Waals surface area contributed by atoms with E-state index in [9.17, 15) is 9.18 Å². The maximum absolute atomic E-state index is 13.4. The van der Waals surface area contributed by atoms with Gasteiger partial charge in [0.15, 0.2) is 5.69 Å². The van der Waals surface area contributed by atoms with E-state index < -0.39 is 0 Å². The second-order valence-corrected chi connectivity index (χ2v) is 5.46. The lowest BCUT2D eigenvalue weighted by atomic mass is 10.1. The Balaban J connectivity index is 2.05. The third kappa shape index (κ3) is 4.39. The molecule has 0 atom stereocenters. The van der Waals surface area contributed by atoms with Crippen molar-refractivity contribution in [1.29, 1.82) is 0 Å². The molecule has 6 heteroatoms. The summed E-state index contributed by atoms with van der Waals surface area (Å²) < 4.78 is 20.0. The molecule has 0 bridgehead atoms. The van der Waals surface area contributed by atoms with Gasteiger partial charge in [-0.25, -0.2) is 4.39 Å². The maximum Gasteiger partial charge on any atom is 0.271 e. The monoisotopic (exact) mass is 319 g/mol. The Morgan fingerprint density at radius 1 is 1.35 bits per heavy atom. The van der Waals surface area contributed by atoms with E-state index in [-0.39, 0.29) is 11.7 Å². The van der Waals surface area contributed by atoms with Gasteiger partial charge in [-0.15, -0.1) is 0 Å². The van der Waals surface area contributed by atoms with E-state index in [0.29, 0.717) is 24.4 Å². The van der Waals surface area contributed by atoms with Gasteiger partial charge in [-0.3, -0.25) is 9.48 Å². The van der Waals surface area contributed by atoms with Crippen molar-refractivity contribution in [1.82, 2.24) is 15.1 Å². The number of nitrogens with zero attached hydrogens (tertiary/aromatic N) is 2. The fourth-order valence-corrected chi connectivity index (χ4v) is 2.32. The summed E-state index contributed by atoms with van der Waals surface area (Å²) in [6.07, 6.45) is 1.76. The number of hydrogen-bond donors (Lipinski definition) is 1. The molecule has 1 amide bonds. The smallest absolute Gasteiger partial charge is 0.271 e. The third-order valence-corrected chi connectivity index (χ3v) is 3.63. The van der Waals surface area contributed by atoms with Crippen LogP contribution in [0.5, 0.6) is 0 Å². The van der Waals surface area contributed by atoms with Crippen LogP contribution in [0.2, 0.25) is 0 Å². The molecule has 0 saturated carbocycles. The predicted molar refractivity (Wildman–Crippen MR) is 86.8 cm³/mol. The summed E-state index contributed by atoms with van der Waals surface area (Å²) in [5.74, 6) is -0.451. The van der Waals surface area contributed by atoms with Gasteiger partial charge >= 0.3 is 0 Å². The van der Waals surface area contributed by atoms with Crippen molar-refractivity contribution in [3.05, 3.63) is 41.3 Å². The number of benzene rings is 1. The van der Waals surface area contributed by atoms with E-state index >= 15 is 0 Å². The summed E-state index contributed by atoms with van der Waals surface area (Å²) in [4.78, 5) is 12.1. The molecule has 1 heterocycles. The number of rotatable bonds is 7. The van der Waals surface area contributed by atoms with Gasteiger partial charge in [-0.2, -0.15) is 5.10 Å². The lowest BCUT2D eigenvalue weighted by Gasteiger charge is -2.03. The van der Waals surface area contributed by atoms with Crippen molar-refractivity contribution in [2.75, 3.05) is 20.3 Å². The number of aryl methyl sites for hydroxylation is 2. The van der Waals surface area contributed by atoms with E-state index in [4.69, 9.17) is 4.74 Å². The summed E-state index contributed by atoms with van der Waals surface area (Å²) in [7, 11) is 3.43. The summed E-state index contributed by atoms with van der Waals surface area (Å²) in [5, 5.41) is 7.08. The minimum Gasteiger partial charge on any atom is -0.385 e. The summed E-state index contributed by atoms with van der Waals surface area (Å²) in [5.41, 5.74) is 2.53. The van der Waals surface area contributed by atoms with E-state index in [2.05, 4.69) is 10.4 Å². The normalized spacial score (nSPS) is 10.8. The van der Waals surface area contributed by atoms with Crippen molar-refractivity contribution in [3.8, 4) is 11.3 Å². The van der Waals surface area contributed by atoms with Crippen molar-refractivity contribution in [2.24, 2.45) is 7.05 Å². The number of ether oxygens (including phenoxy) is 1. The molecule has 0 saturated heterocycles. The van der Waals surface area contributed by atoms with Crippen LogP contribution in [-0.4, -0.2) is 35.9 Å². The number of halogens is 1. The van der Waals surface area contributed by atoms with Crippen LogP contribution < -0.4 is 5.32 Å². The number of methoxy groups -OCH3 is 1. The highest BCUT2D eigenvalue weighted by molar-refractivity contribution is 5.93. The van der Waals surface area contributed by atoms with Crippen LogP contribution in [0.25, 0.3) is 11.3 Å². The first-order valence-corrected chi connectivity index (χ1v) is 7.60. The molecule has 1 aromatic carbocycles. The zero-order valence-corrected chi connectivity index (χ0v) is 13.7. The van der Waals surface area contributed by atoms with Crippen molar-refractivity contribution in [2.45, 2.75) is 19.8 Å². The molecular formula is C17H22FN3O2. The minimum atomic E-state index is -0.245. The molecule has 124 valence electrons. The van der Waals surface area contributed by atoms with Gasteiger partial charge in [-0.05, 0) is 49.6 Å². The highest BCUT2D eigenvalue weighted by Crippen LogP contribution is 2.22. The Kier molecular flexibility index (Phi) is 5.87. The lowest BCUT2D eigenvalue weighted by molar-refractivity contribution is 0.0945. The first kappa shape index (κ1) is 17.1. The number of amides is 1. The van der Waals surface area contributed by atoms with Crippen LogP contribution in [0.1, 0.15) is 28.9 Å². The first-order chi connectivity index (χ1) is 11.0. The average molecular weight is 319 g/mol. The number of carbonyl (C=O) groups is 1. The number of nitrogens with one attached hydrogen (secondary N) is 1. The Bertz CT molecular complexity index is 682. The lowest BCUT2D eigenvalue weighted by Crippen LogP contribution is -2.25. The first-order valence-electron chi connectivity index (χ1n) is 7.60. The van der Waals surface area contributed by atoms with Crippen LogP contribution in [0.15, 0.2) is 24.3 Å². The Labute approximate surface area is 135 Å². The average Bonchev–Trinajstić information content (AvgIpc) is 2.92. The van der Waals surface area contributed by atoms with Crippen LogP contribution >= 0.6 is 0 Å². The maximum atomic E-state index is 13.4. The van der Waals surface area contributed by atoms with E-state index in [1.165, 1.54) is 6.07 Å². The molecule has 0 unspecified atom stereocenters. The fourth-order valence-electron chi connectivity index (χ4n) is 2.32. The van der Waals surface area contributed by atoms with Gasteiger partial charge in [0.25, 0.3) is 5.91 Å². The largest absolute Gasteiger partial charge is 0.385 e. The number of carbonyl (C=O) groups excluding carboxylic acids is 1. The predicted octanol–water partition coefficient (Wildman–Crippen LogP) is 2.69. The molecule has 2 rings (SSSR count). The van der Waals surface area contributed by atoms with E-state index in [0.717, 1.165) is 24.1 Å². The van der Waals surface area contributed by atoms with Crippen molar-refractivity contribution < 1.29 is 13.9 Å². The molecule has 0 aliphatic carbocycles. The van der Waals surface area contributed by atoms with Gasteiger partial charge in [0.05, 0.1) is 5.69 Å². The molecule has 1 aromatic heterocycles. The summed E-state index contributed by atoms with van der Waals surface area (Å²) >= 11 is 0. The number of aromatic nitrogens is 2. The zero-order valence-electron chi connectivity index (χ0n) is 13.7. The molecular weight excluding hydrogens is 297 g/mol. The van der Waals surface area contributed by atoms with Crippen LogP contribution in [0, 0.1) is 12.7 Å². The zero-order chi connectivity index (χ0) is 16.8. The Morgan fingerprint density at radius 2 is 2.13 bits per heavy atom. The molecule has 0 aliphatic rings. The molecule has 0 spiro atoms. The highest BCUT2D eigenvalue weighted by Gasteiger charge is 2.14. The number of hydrogen-bond acceptors (Lipinski definition) is 3. The summed E-state index contributed by atoms with van der Waals surface area (Å²) in [6.45, 7) is 2.99. The Morgan fingerprint density at radius 3 is 2.83 bits per heavy atom. The molecule has 0 aliphatic heterocycles.